The van der Waals surface area contributed by atoms with E-state index >= 15 is 0 Å². The number of nitrogens with zero attached hydrogens (tertiary/aromatic N) is 1. The Morgan fingerprint density at radius 2 is 1.84 bits per heavy atom. The van der Waals surface area contributed by atoms with Gasteiger partial charge in [-0.15, -0.1) is 0 Å². The molecule has 0 unspecified atom stereocenters. The molecule has 1 saturated heterocycles. The number of methoxy groups -OCH3 is 1. The fourth-order valence-electron chi connectivity index (χ4n) is 1.90. The first-order chi connectivity index (χ1) is 8.80. The molecule has 1 aliphatic heterocycles. The highest BCUT2D eigenvalue weighted by atomic mass is 16.7. The first kappa shape index (κ1) is 14.1. The molecule has 1 aromatic heterocycles. The first-order valence-corrected chi connectivity index (χ1v) is 6.33. The van der Waals surface area contributed by atoms with Crippen LogP contribution in [0.3, 0.4) is 0 Å². The van der Waals surface area contributed by atoms with Gasteiger partial charge in [0.05, 0.1) is 18.3 Å². The zero-order chi connectivity index (χ0) is 14.3. The maximum Gasteiger partial charge on any atom is 0.496 e. The van der Waals surface area contributed by atoms with Crippen LogP contribution in [0.15, 0.2) is 18.8 Å². The summed E-state index contributed by atoms with van der Waals surface area (Å²) in [5.41, 5.74) is 0.841. The molecule has 0 saturated carbocycles. The summed E-state index contributed by atoms with van der Waals surface area (Å²) in [6, 6.07) is 1.88. The standard InChI is InChI=1S/C14H20BNO3/c1-7-11-12(17-6)8-10(9-16-11)15-18-13(2,3)14(4,5)19-15/h7-9H,1H2,2-6H3. The summed E-state index contributed by atoms with van der Waals surface area (Å²) >= 11 is 0. The predicted octanol–water partition coefficient (Wildman–Crippen LogP) is 2.03. The van der Waals surface area contributed by atoms with Crippen LogP contribution in [0.1, 0.15) is 33.4 Å². The van der Waals surface area contributed by atoms with Gasteiger partial charge in [0.2, 0.25) is 0 Å². The van der Waals surface area contributed by atoms with Gasteiger partial charge in [0.1, 0.15) is 11.4 Å². The van der Waals surface area contributed by atoms with Crippen LogP contribution in [-0.2, 0) is 9.31 Å². The van der Waals surface area contributed by atoms with Gasteiger partial charge in [0.15, 0.2) is 0 Å². The van der Waals surface area contributed by atoms with Crippen molar-refractivity contribution in [2.45, 2.75) is 38.9 Å². The second-order valence-electron chi connectivity index (χ2n) is 5.65. The fourth-order valence-corrected chi connectivity index (χ4v) is 1.90. The number of rotatable bonds is 3. The van der Waals surface area contributed by atoms with Gasteiger partial charge in [-0.1, -0.05) is 6.58 Å². The summed E-state index contributed by atoms with van der Waals surface area (Å²) < 4.78 is 17.3. The molecular formula is C14H20BNO3. The van der Waals surface area contributed by atoms with Gasteiger partial charge < -0.3 is 14.0 Å². The second kappa shape index (κ2) is 4.65. The highest BCUT2D eigenvalue weighted by Gasteiger charge is 2.51. The van der Waals surface area contributed by atoms with E-state index in [1.165, 1.54) is 0 Å². The minimum atomic E-state index is -0.426. The SMILES string of the molecule is C=Cc1ncc(B2OC(C)(C)C(C)(C)O2)cc1OC. The first-order valence-electron chi connectivity index (χ1n) is 6.33. The van der Waals surface area contributed by atoms with Crippen LogP contribution in [0.2, 0.25) is 0 Å². The minimum absolute atomic E-state index is 0.359. The normalized spacial score (nSPS) is 20.4. The Bertz CT molecular complexity index is 483. The van der Waals surface area contributed by atoms with Crippen molar-refractivity contribution < 1.29 is 14.0 Å². The Kier molecular flexibility index (Phi) is 3.45. The molecule has 0 aromatic carbocycles. The van der Waals surface area contributed by atoms with Crippen LogP contribution in [0.4, 0.5) is 0 Å². The van der Waals surface area contributed by atoms with Gasteiger partial charge in [-0.2, -0.15) is 0 Å². The molecule has 0 N–H and O–H groups in total. The van der Waals surface area contributed by atoms with Crippen molar-refractivity contribution in [3.8, 4) is 5.75 Å². The number of aromatic nitrogens is 1. The van der Waals surface area contributed by atoms with Crippen LogP contribution >= 0.6 is 0 Å². The maximum atomic E-state index is 5.98. The highest BCUT2D eigenvalue weighted by molar-refractivity contribution is 6.62. The van der Waals surface area contributed by atoms with Crippen molar-refractivity contribution in [1.29, 1.82) is 0 Å². The molecule has 2 heterocycles. The molecule has 19 heavy (non-hydrogen) atoms. The number of hydrogen-bond acceptors (Lipinski definition) is 4. The predicted molar refractivity (Wildman–Crippen MR) is 76.6 cm³/mol. The molecule has 0 amide bonds. The Morgan fingerprint density at radius 1 is 1.26 bits per heavy atom. The van der Waals surface area contributed by atoms with E-state index < -0.39 is 7.12 Å². The Hall–Kier alpha value is -1.33. The molecule has 2 rings (SSSR count). The van der Waals surface area contributed by atoms with Crippen molar-refractivity contribution in [3.63, 3.8) is 0 Å². The molecule has 1 aromatic rings. The topological polar surface area (TPSA) is 40.6 Å². The molecule has 1 aliphatic rings. The summed E-state index contributed by atoms with van der Waals surface area (Å²) in [6.07, 6.45) is 3.40. The molecule has 0 radical (unpaired) electrons. The lowest BCUT2D eigenvalue weighted by Crippen LogP contribution is -2.41. The van der Waals surface area contributed by atoms with E-state index in [2.05, 4.69) is 11.6 Å². The molecule has 0 aliphatic carbocycles. The lowest BCUT2D eigenvalue weighted by atomic mass is 9.80. The monoisotopic (exact) mass is 261 g/mol. The summed E-state index contributed by atoms with van der Waals surface area (Å²) in [5.74, 6) is 0.669. The Morgan fingerprint density at radius 3 is 2.32 bits per heavy atom. The quantitative estimate of drug-likeness (QED) is 0.780. The van der Waals surface area contributed by atoms with Crippen LogP contribution in [0.25, 0.3) is 6.08 Å². The fraction of sp³-hybridized carbons (Fsp3) is 0.500. The van der Waals surface area contributed by atoms with Gasteiger partial charge in [-0.3, -0.25) is 4.98 Å². The number of pyridine rings is 1. The molecule has 4 nitrogen and oxygen atoms in total. The van der Waals surface area contributed by atoms with Gasteiger partial charge in [-0.25, -0.2) is 0 Å². The zero-order valence-electron chi connectivity index (χ0n) is 12.2. The van der Waals surface area contributed by atoms with Crippen LogP contribution < -0.4 is 10.2 Å². The van der Waals surface area contributed by atoms with E-state index in [1.54, 1.807) is 19.4 Å². The van der Waals surface area contributed by atoms with Gasteiger partial charge in [-0.05, 0) is 39.8 Å². The molecular weight excluding hydrogens is 241 g/mol. The van der Waals surface area contributed by atoms with Crippen molar-refractivity contribution in [3.05, 3.63) is 24.5 Å². The van der Waals surface area contributed by atoms with E-state index in [4.69, 9.17) is 14.0 Å². The number of ether oxygens (including phenoxy) is 1. The second-order valence-corrected chi connectivity index (χ2v) is 5.65. The molecule has 0 atom stereocenters. The number of hydrogen-bond donors (Lipinski definition) is 0. The van der Waals surface area contributed by atoms with Crippen molar-refractivity contribution in [2.24, 2.45) is 0 Å². The minimum Gasteiger partial charge on any atom is -0.495 e. The zero-order valence-corrected chi connectivity index (χ0v) is 12.2. The van der Waals surface area contributed by atoms with Crippen molar-refractivity contribution >= 4 is 18.7 Å². The van der Waals surface area contributed by atoms with E-state index in [9.17, 15) is 0 Å². The average molecular weight is 261 g/mol. The molecule has 102 valence electrons. The summed E-state index contributed by atoms with van der Waals surface area (Å²) in [5, 5.41) is 0. The van der Waals surface area contributed by atoms with Crippen LogP contribution in [0, 0.1) is 0 Å². The summed E-state index contributed by atoms with van der Waals surface area (Å²) in [6.45, 7) is 11.8. The smallest absolute Gasteiger partial charge is 0.495 e. The van der Waals surface area contributed by atoms with E-state index in [0.717, 1.165) is 5.46 Å². The average Bonchev–Trinajstić information content (AvgIpc) is 2.57. The lowest BCUT2D eigenvalue weighted by Gasteiger charge is -2.32. The van der Waals surface area contributed by atoms with Gasteiger partial charge in [0, 0.05) is 11.7 Å². The van der Waals surface area contributed by atoms with Gasteiger partial charge in [0.25, 0.3) is 0 Å². The maximum absolute atomic E-state index is 5.98. The molecule has 1 fully saturated rings. The summed E-state index contributed by atoms with van der Waals surface area (Å²) in [7, 11) is 1.18. The van der Waals surface area contributed by atoms with E-state index in [-0.39, 0.29) is 11.2 Å². The third-order valence-corrected chi connectivity index (χ3v) is 3.84. The lowest BCUT2D eigenvalue weighted by molar-refractivity contribution is 0.00578. The van der Waals surface area contributed by atoms with Crippen molar-refractivity contribution in [1.82, 2.24) is 4.98 Å². The highest BCUT2D eigenvalue weighted by Crippen LogP contribution is 2.36. The van der Waals surface area contributed by atoms with Crippen LogP contribution in [-0.4, -0.2) is 30.4 Å². The molecule has 0 bridgehead atoms. The van der Waals surface area contributed by atoms with E-state index in [1.807, 2.05) is 33.8 Å². The Balaban J connectivity index is 2.32. The largest absolute Gasteiger partial charge is 0.496 e. The third-order valence-electron chi connectivity index (χ3n) is 3.84. The van der Waals surface area contributed by atoms with Crippen molar-refractivity contribution in [2.75, 3.05) is 7.11 Å². The van der Waals surface area contributed by atoms with Crippen LogP contribution in [0.5, 0.6) is 5.75 Å². The van der Waals surface area contributed by atoms with E-state index in [0.29, 0.717) is 11.4 Å². The third kappa shape index (κ3) is 2.40. The Labute approximate surface area is 114 Å². The molecule has 5 heteroatoms. The summed E-state index contributed by atoms with van der Waals surface area (Å²) in [4.78, 5) is 4.31. The molecule has 0 spiro atoms. The van der Waals surface area contributed by atoms with Gasteiger partial charge >= 0.3 is 7.12 Å².